The minimum atomic E-state index is 0.345. The van der Waals surface area contributed by atoms with Gasteiger partial charge in [-0.15, -0.1) is 0 Å². The van der Waals surface area contributed by atoms with E-state index in [4.69, 9.17) is 14.5 Å². The lowest BCUT2D eigenvalue weighted by Crippen LogP contribution is -2.65. The van der Waals surface area contributed by atoms with Gasteiger partial charge < -0.3 is 20.1 Å². The summed E-state index contributed by atoms with van der Waals surface area (Å²) in [5.74, 6) is 0.991. The van der Waals surface area contributed by atoms with Crippen LogP contribution in [0.15, 0.2) is 4.99 Å². The first kappa shape index (κ1) is 16.6. The fourth-order valence-electron chi connectivity index (χ4n) is 5.51. The molecule has 2 aliphatic heterocycles. The Morgan fingerprint density at radius 2 is 2.00 bits per heavy atom. The highest BCUT2D eigenvalue weighted by Crippen LogP contribution is 2.54. The van der Waals surface area contributed by atoms with Crippen LogP contribution in [0.2, 0.25) is 0 Å². The SMILES string of the molecule is CCN=C(NC1CC2CCC1O2)NC1CC(OCC)C12CCCC2. The maximum atomic E-state index is 6.04. The third-order valence-corrected chi connectivity index (χ3v) is 6.74. The van der Waals surface area contributed by atoms with Crippen molar-refractivity contribution in [3.63, 3.8) is 0 Å². The van der Waals surface area contributed by atoms with E-state index in [0.717, 1.165) is 32.0 Å². The van der Waals surface area contributed by atoms with Gasteiger partial charge in [-0.25, -0.2) is 0 Å². The van der Waals surface area contributed by atoms with Crippen molar-refractivity contribution in [2.45, 2.75) is 95.6 Å². The normalized spacial score (nSPS) is 40.1. The lowest BCUT2D eigenvalue weighted by Gasteiger charge is -2.54. The van der Waals surface area contributed by atoms with Gasteiger partial charge in [0.25, 0.3) is 0 Å². The first-order valence-electron chi connectivity index (χ1n) is 10.1. The van der Waals surface area contributed by atoms with Gasteiger partial charge in [-0.05, 0) is 52.4 Å². The zero-order chi connectivity index (χ0) is 16.6. The molecule has 2 N–H and O–H groups in total. The Hall–Kier alpha value is -0.810. The van der Waals surface area contributed by atoms with Crippen LogP contribution >= 0.6 is 0 Å². The Morgan fingerprint density at radius 3 is 2.62 bits per heavy atom. The van der Waals surface area contributed by atoms with Crippen LogP contribution in [-0.4, -0.2) is 49.5 Å². The molecule has 4 aliphatic rings. The van der Waals surface area contributed by atoms with E-state index in [2.05, 4.69) is 24.5 Å². The number of nitrogens with one attached hydrogen (secondary N) is 2. The lowest BCUT2D eigenvalue weighted by molar-refractivity contribution is -0.125. The van der Waals surface area contributed by atoms with E-state index in [9.17, 15) is 0 Å². The molecule has 0 radical (unpaired) electrons. The van der Waals surface area contributed by atoms with Crippen molar-refractivity contribution in [1.29, 1.82) is 0 Å². The van der Waals surface area contributed by atoms with E-state index in [1.807, 2.05) is 0 Å². The van der Waals surface area contributed by atoms with Crippen LogP contribution < -0.4 is 10.6 Å². The van der Waals surface area contributed by atoms with Gasteiger partial charge in [0.2, 0.25) is 0 Å². The zero-order valence-corrected chi connectivity index (χ0v) is 15.2. The second-order valence-electron chi connectivity index (χ2n) is 8.00. The Morgan fingerprint density at radius 1 is 1.17 bits per heavy atom. The van der Waals surface area contributed by atoms with Crippen molar-refractivity contribution in [1.82, 2.24) is 10.6 Å². The van der Waals surface area contributed by atoms with E-state index >= 15 is 0 Å². The monoisotopic (exact) mass is 335 g/mol. The molecule has 24 heavy (non-hydrogen) atoms. The fourth-order valence-corrected chi connectivity index (χ4v) is 5.51. The number of fused-ring (bicyclic) bond motifs is 2. The summed E-state index contributed by atoms with van der Waals surface area (Å²) in [6.07, 6.45) is 11.3. The van der Waals surface area contributed by atoms with Gasteiger partial charge in [0.1, 0.15) is 0 Å². The molecule has 0 aromatic rings. The molecule has 2 bridgehead atoms. The highest BCUT2D eigenvalue weighted by molar-refractivity contribution is 5.80. The summed E-state index contributed by atoms with van der Waals surface area (Å²) in [5, 5.41) is 7.44. The van der Waals surface area contributed by atoms with Crippen molar-refractivity contribution >= 4 is 5.96 Å². The van der Waals surface area contributed by atoms with Crippen molar-refractivity contribution < 1.29 is 9.47 Å². The number of guanidine groups is 1. The minimum absolute atomic E-state index is 0.345. The predicted octanol–water partition coefficient (Wildman–Crippen LogP) is 2.60. The summed E-state index contributed by atoms with van der Waals surface area (Å²) in [6.45, 7) is 5.86. The number of hydrogen-bond donors (Lipinski definition) is 2. The van der Waals surface area contributed by atoms with Crippen LogP contribution in [0.4, 0.5) is 0 Å². The van der Waals surface area contributed by atoms with Gasteiger partial charge in [-0.2, -0.15) is 0 Å². The third kappa shape index (κ3) is 2.84. The van der Waals surface area contributed by atoms with Gasteiger partial charge >= 0.3 is 0 Å². The van der Waals surface area contributed by atoms with Gasteiger partial charge in [0, 0.05) is 24.6 Å². The standard InChI is InChI=1S/C19H33N3O2/c1-3-20-18(21-14-11-13-7-8-15(14)24-13)22-16-12-17(23-4-2)19(16)9-5-6-10-19/h13-17H,3-12H2,1-2H3,(H2,20,21,22). The Kier molecular flexibility index (Phi) is 4.74. The molecule has 0 amide bonds. The average Bonchev–Trinajstić information content (AvgIpc) is 3.31. The highest BCUT2D eigenvalue weighted by atomic mass is 16.5. The molecule has 5 atom stereocenters. The van der Waals surface area contributed by atoms with Crippen LogP contribution in [0.25, 0.3) is 0 Å². The van der Waals surface area contributed by atoms with Crippen LogP contribution in [0.5, 0.6) is 0 Å². The minimum Gasteiger partial charge on any atom is -0.378 e. The molecule has 0 aromatic carbocycles. The number of aliphatic imine (C=N–C) groups is 1. The molecule has 5 heteroatoms. The number of nitrogens with zero attached hydrogens (tertiary/aromatic N) is 1. The van der Waals surface area contributed by atoms with Crippen molar-refractivity contribution in [2.24, 2.45) is 10.4 Å². The van der Waals surface area contributed by atoms with E-state index in [0.29, 0.717) is 35.8 Å². The molecule has 2 aliphatic carbocycles. The molecule has 0 aromatic heterocycles. The van der Waals surface area contributed by atoms with Gasteiger partial charge in [-0.3, -0.25) is 4.99 Å². The summed E-state index contributed by atoms with van der Waals surface area (Å²) in [5.41, 5.74) is 0.345. The van der Waals surface area contributed by atoms with Crippen molar-refractivity contribution in [3.8, 4) is 0 Å². The van der Waals surface area contributed by atoms with Crippen molar-refractivity contribution in [2.75, 3.05) is 13.2 Å². The predicted molar refractivity (Wildman–Crippen MR) is 95.3 cm³/mol. The summed E-state index contributed by atoms with van der Waals surface area (Å²) >= 11 is 0. The quantitative estimate of drug-likeness (QED) is 0.599. The molecule has 4 fully saturated rings. The largest absolute Gasteiger partial charge is 0.378 e. The van der Waals surface area contributed by atoms with Gasteiger partial charge in [0.15, 0.2) is 5.96 Å². The molecule has 2 saturated heterocycles. The van der Waals surface area contributed by atoms with Crippen LogP contribution in [0, 0.1) is 5.41 Å². The number of rotatable bonds is 5. The van der Waals surface area contributed by atoms with E-state index in [-0.39, 0.29) is 0 Å². The molecule has 1 spiro atoms. The fraction of sp³-hybridized carbons (Fsp3) is 0.947. The van der Waals surface area contributed by atoms with E-state index in [1.54, 1.807) is 0 Å². The van der Waals surface area contributed by atoms with E-state index in [1.165, 1.54) is 38.5 Å². The highest BCUT2D eigenvalue weighted by Gasteiger charge is 2.57. The lowest BCUT2D eigenvalue weighted by atomic mass is 9.60. The summed E-state index contributed by atoms with van der Waals surface area (Å²) < 4.78 is 12.0. The molecular weight excluding hydrogens is 302 g/mol. The summed E-state index contributed by atoms with van der Waals surface area (Å²) in [7, 11) is 0. The Labute approximate surface area is 146 Å². The number of ether oxygens (including phenoxy) is 2. The molecule has 2 saturated carbocycles. The first-order chi connectivity index (χ1) is 11.7. The van der Waals surface area contributed by atoms with Crippen LogP contribution in [0.3, 0.4) is 0 Å². The molecular formula is C19H33N3O2. The topological polar surface area (TPSA) is 54.9 Å². The second-order valence-corrected chi connectivity index (χ2v) is 8.00. The molecule has 4 rings (SSSR count). The summed E-state index contributed by atoms with van der Waals surface area (Å²) in [4.78, 5) is 4.72. The third-order valence-electron chi connectivity index (χ3n) is 6.74. The van der Waals surface area contributed by atoms with Gasteiger partial charge in [0.05, 0.1) is 24.4 Å². The first-order valence-corrected chi connectivity index (χ1v) is 10.1. The van der Waals surface area contributed by atoms with Crippen LogP contribution in [-0.2, 0) is 9.47 Å². The Balaban J connectivity index is 1.39. The second kappa shape index (κ2) is 6.83. The van der Waals surface area contributed by atoms with Gasteiger partial charge in [-0.1, -0.05) is 12.8 Å². The van der Waals surface area contributed by atoms with Crippen molar-refractivity contribution in [3.05, 3.63) is 0 Å². The Bertz CT molecular complexity index is 475. The maximum Gasteiger partial charge on any atom is 0.191 e. The van der Waals surface area contributed by atoms with E-state index < -0.39 is 0 Å². The number of hydrogen-bond acceptors (Lipinski definition) is 3. The molecule has 136 valence electrons. The smallest absolute Gasteiger partial charge is 0.191 e. The summed E-state index contributed by atoms with van der Waals surface area (Å²) in [6, 6.07) is 0.942. The van der Waals surface area contributed by atoms with Crippen LogP contribution in [0.1, 0.15) is 65.2 Å². The maximum absolute atomic E-state index is 6.04. The molecule has 5 nitrogen and oxygen atoms in total. The average molecular weight is 335 g/mol. The zero-order valence-electron chi connectivity index (χ0n) is 15.2. The molecule has 2 heterocycles. The molecule has 5 unspecified atom stereocenters.